The molecule has 0 bridgehead atoms. The molecular formula is C108H68B2N6S3. The maximum Gasteiger partial charge on any atom is 0.252 e. The van der Waals surface area contributed by atoms with Crippen LogP contribution in [0.5, 0.6) is 0 Å². The zero-order chi connectivity index (χ0) is 77.9. The molecule has 25 rings (SSSR count). The van der Waals surface area contributed by atoms with Crippen LogP contribution in [0.25, 0.3) is 82.8 Å². The highest BCUT2D eigenvalue weighted by Crippen LogP contribution is 2.57. The van der Waals surface area contributed by atoms with E-state index in [1.54, 1.807) is 0 Å². The van der Waals surface area contributed by atoms with Crippen LogP contribution in [0.3, 0.4) is 0 Å². The molecular weight excluding hydrogens is 1500 g/mol. The first-order valence-corrected chi connectivity index (χ1v) is 43.2. The molecule has 11 heteroatoms. The summed E-state index contributed by atoms with van der Waals surface area (Å²) in [7, 11) is 0. The second kappa shape index (κ2) is 27.1. The van der Waals surface area contributed by atoms with Gasteiger partial charge < -0.3 is 29.4 Å². The molecule has 119 heavy (non-hydrogen) atoms. The van der Waals surface area contributed by atoms with Gasteiger partial charge >= 0.3 is 0 Å². The van der Waals surface area contributed by atoms with Crippen molar-refractivity contribution in [3.8, 4) is 22.3 Å². The SMILES string of the molecule is c1ccc(-c2cccc(-c3ccccc3)c2N(c2ccccc2)c2cc3c4c(c2)N(c2cccc5sc6ccccc6c25)c2ccccc2B4c2cc4c(cc2N3c2ccccc2)N(c2ccccc2)c2cc(N(c3ccccc3)c3cccc5sc6ccccc6c35)cc3c2B4c2ccccc2N3c2cccc3sc4ccccc4c23)cc1. The van der Waals surface area contributed by atoms with Crippen molar-refractivity contribution < 1.29 is 0 Å². The van der Waals surface area contributed by atoms with E-state index in [0.717, 1.165) is 125 Å². The quantitative estimate of drug-likeness (QED) is 0.113. The van der Waals surface area contributed by atoms with E-state index in [2.05, 4.69) is 442 Å². The van der Waals surface area contributed by atoms with Crippen molar-refractivity contribution in [2.45, 2.75) is 0 Å². The van der Waals surface area contributed by atoms with Gasteiger partial charge in [0.05, 0.1) is 34.1 Å². The Morgan fingerprint density at radius 3 is 1.01 bits per heavy atom. The monoisotopic (exact) mass is 1570 g/mol. The zero-order valence-electron chi connectivity index (χ0n) is 64.3. The molecule has 4 aliphatic rings. The first-order valence-electron chi connectivity index (χ1n) is 40.8. The summed E-state index contributed by atoms with van der Waals surface area (Å²) in [6.07, 6.45) is 0. The summed E-state index contributed by atoms with van der Waals surface area (Å²) >= 11 is 5.61. The number of benzene rings is 18. The molecule has 0 amide bonds. The minimum absolute atomic E-state index is 0.259. The number of fused-ring (bicyclic) bond motifs is 17. The Hall–Kier alpha value is -14.5. The minimum atomic E-state index is -0.273. The molecule has 3 aromatic heterocycles. The van der Waals surface area contributed by atoms with Gasteiger partial charge in [-0.3, -0.25) is 0 Å². The van der Waals surface area contributed by atoms with E-state index in [1.165, 1.54) is 93.3 Å². The lowest BCUT2D eigenvalue weighted by atomic mass is 9.30. The largest absolute Gasteiger partial charge is 0.311 e. The van der Waals surface area contributed by atoms with Crippen molar-refractivity contribution >= 4 is 243 Å². The molecule has 0 spiro atoms. The molecule has 6 nitrogen and oxygen atoms in total. The fourth-order valence-electron chi connectivity index (χ4n) is 20.1. The number of para-hydroxylation sites is 7. The van der Waals surface area contributed by atoms with Gasteiger partial charge in [-0.2, -0.15) is 0 Å². The fourth-order valence-corrected chi connectivity index (χ4v) is 23.5. The summed E-state index contributed by atoms with van der Waals surface area (Å²) in [6.45, 7) is -0.531. The van der Waals surface area contributed by atoms with Crippen LogP contribution in [-0.2, 0) is 0 Å². The van der Waals surface area contributed by atoms with E-state index < -0.39 is 0 Å². The van der Waals surface area contributed by atoms with Crippen molar-refractivity contribution in [1.29, 1.82) is 0 Å². The molecule has 18 aromatic carbocycles. The van der Waals surface area contributed by atoms with Crippen LogP contribution in [0.4, 0.5) is 102 Å². The second-order valence-corrected chi connectivity index (χ2v) is 34.5. The topological polar surface area (TPSA) is 19.4 Å². The van der Waals surface area contributed by atoms with Crippen LogP contribution in [0.2, 0.25) is 0 Å². The van der Waals surface area contributed by atoms with Gasteiger partial charge in [0.25, 0.3) is 13.4 Å². The van der Waals surface area contributed by atoms with Crippen LogP contribution < -0.4 is 62.2 Å². The van der Waals surface area contributed by atoms with Crippen molar-refractivity contribution in [3.63, 3.8) is 0 Å². The second-order valence-electron chi connectivity index (χ2n) is 31.3. The van der Waals surface area contributed by atoms with Crippen LogP contribution in [0, 0.1) is 0 Å². The highest BCUT2D eigenvalue weighted by Gasteiger charge is 2.50. The standard InChI is InChI=1S/C108H68B2N6S3/c1-7-33-69(34-8-1)77-48-29-49-78(70-35-9-2-10-36-70)108(77)112(72-39-13-4-14-40-72)76-65-94-107-96(66-76)116(90-56-32-62-102-105(90)81-47-21-28-59-99(81)119-102)87-53-25-23-51-83(87)110(107)85-67-84-91(68-92(85)114(94)74-43-17-6-18-44-74)113(73-41-15-5-16-42-73)93-63-75(111(71-37-11-3-12-38-71)88-54-30-60-100-103(88)79-45-19-26-57-97(79)117-100)64-95-106(93)109(84)82-50-22-24-52-86(82)115(95)89-55-31-61-101-104(89)80-46-20-27-58-98(80)118-101/h1-68H. The average Bonchev–Trinajstić information content (AvgIpc) is 0.932. The molecule has 4 aliphatic heterocycles. The summed E-state index contributed by atoms with van der Waals surface area (Å²) in [5.74, 6) is 0. The first kappa shape index (κ1) is 67.8. The first-order chi connectivity index (χ1) is 59.1. The van der Waals surface area contributed by atoms with Gasteiger partial charge in [0, 0.05) is 140 Å². The van der Waals surface area contributed by atoms with E-state index in [0.29, 0.717) is 0 Å². The van der Waals surface area contributed by atoms with Gasteiger partial charge in [0.15, 0.2) is 0 Å². The van der Waals surface area contributed by atoms with Crippen LogP contribution in [0.1, 0.15) is 0 Å². The van der Waals surface area contributed by atoms with Gasteiger partial charge in [-0.05, 0) is 189 Å². The van der Waals surface area contributed by atoms with Gasteiger partial charge in [0.1, 0.15) is 0 Å². The molecule has 21 aromatic rings. The number of rotatable bonds is 12. The Bertz CT molecular complexity index is 7630. The van der Waals surface area contributed by atoms with Crippen LogP contribution in [-0.4, -0.2) is 13.4 Å². The Balaban J connectivity index is 0.812. The summed E-state index contributed by atoms with van der Waals surface area (Å²) in [5, 5.41) is 7.45. The van der Waals surface area contributed by atoms with Crippen molar-refractivity contribution in [2.75, 3.05) is 29.4 Å². The number of nitrogens with zero attached hydrogens (tertiary/aromatic N) is 6. The highest BCUT2D eigenvalue weighted by atomic mass is 32.1. The summed E-state index contributed by atoms with van der Waals surface area (Å²) in [6, 6.07) is 155. The predicted octanol–water partition coefficient (Wildman–Crippen LogP) is 27.2. The number of hydrogen-bond donors (Lipinski definition) is 0. The van der Waals surface area contributed by atoms with Crippen molar-refractivity contribution in [1.82, 2.24) is 0 Å². The van der Waals surface area contributed by atoms with Crippen LogP contribution >= 0.6 is 34.0 Å². The van der Waals surface area contributed by atoms with Gasteiger partial charge in [-0.25, -0.2) is 0 Å². The number of hydrogen-bond acceptors (Lipinski definition) is 9. The maximum absolute atomic E-state index is 2.68. The van der Waals surface area contributed by atoms with E-state index in [-0.39, 0.29) is 13.4 Å². The fraction of sp³-hybridized carbons (Fsp3) is 0. The molecule has 0 unspecified atom stereocenters. The molecule has 0 saturated carbocycles. The third-order valence-electron chi connectivity index (χ3n) is 24.9. The summed E-state index contributed by atoms with van der Waals surface area (Å²) < 4.78 is 7.53. The number of thiophene rings is 3. The smallest absolute Gasteiger partial charge is 0.252 e. The maximum atomic E-state index is 2.68. The van der Waals surface area contributed by atoms with Gasteiger partial charge in [-0.15, -0.1) is 34.0 Å². The molecule has 0 fully saturated rings. The van der Waals surface area contributed by atoms with E-state index >= 15 is 0 Å². The Morgan fingerprint density at radius 1 is 0.210 bits per heavy atom. The molecule has 0 aliphatic carbocycles. The van der Waals surface area contributed by atoms with Gasteiger partial charge in [0.2, 0.25) is 0 Å². The average molecular weight is 1570 g/mol. The summed E-state index contributed by atoms with van der Waals surface area (Å²) in [5.41, 5.74) is 31.6. The van der Waals surface area contributed by atoms with Crippen LogP contribution in [0.15, 0.2) is 413 Å². The normalized spacial score (nSPS) is 12.9. The lowest BCUT2D eigenvalue weighted by molar-refractivity contribution is 1.22. The molecule has 0 atom stereocenters. The lowest BCUT2D eigenvalue weighted by Crippen LogP contribution is -2.65. The van der Waals surface area contributed by atoms with E-state index in [4.69, 9.17) is 0 Å². The third-order valence-corrected chi connectivity index (χ3v) is 28.3. The minimum Gasteiger partial charge on any atom is -0.311 e. The molecule has 7 heterocycles. The molecule has 0 saturated heterocycles. The summed E-state index contributed by atoms with van der Waals surface area (Å²) in [4.78, 5) is 15.7. The van der Waals surface area contributed by atoms with E-state index in [1.807, 2.05) is 34.0 Å². The molecule has 554 valence electrons. The van der Waals surface area contributed by atoms with Crippen molar-refractivity contribution in [2.24, 2.45) is 0 Å². The molecule has 0 N–H and O–H groups in total. The Morgan fingerprint density at radius 2 is 0.546 bits per heavy atom. The molecule has 0 radical (unpaired) electrons. The highest BCUT2D eigenvalue weighted by molar-refractivity contribution is 7.26. The van der Waals surface area contributed by atoms with Crippen molar-refractivity contribution in [3.05, 3.63) is 413 Å². The number of anilines is 18. The Labute approximate surface area is 701 Å². The Kier molecular flexibility index (Phi) is 15.4. The van der Waals surface area contributed by atoms with E-state index in [9.17, 15) is 0 Å². The van der Waals surface area contributed by atoms with Gasteiger partial charge in [-0.1, -0.05) is 267 Å². The predicted molar refractivity (Wildman–Crippen MR) is 513 cm³/mol. The zero-order valence-corrected chi connectivity index (χ0v) is 66.8. The third kappa shape index (κ3) is 10.4. The lowest BCUT2D eigenvalue weighted by Gasteiger charge is -2.48.